The minimum absolute atomic E-state index is 0.00369. The van der Waals surface area contributed by atoms with Crippen molar-refractivity contribution < 1.29 is 9.21 Å². The van der Waals surface area contributed by atoms with Gasteiger partial charge in [-0.15, -0.1) is 0 Å². The summed E-state index contributed by atoms with van der Waals surface area (Å²) in [4.78, 5) is 29.3. The maximum Gasteiger partial charge on any atom is 0.349 e. The van der Waals surface area contributed by atoms with Crippen LogP contribution in [0, 0.1) is 13.8 Å². The molecular weight excluding hydrogens is 411 g/mol. The fraction of sp³-hybridized carbons (Fsp3) is 0.273. The van der Waals surface area contributed by atoms with E-state index in [1.54, 1.807) is 11.0 Å². The largest absolute Gasteiger partial charge is 0.421 e. The maximum atomic E-state index is 13.0. The highest BCUT2D eigenvalue weighted by Gasteiger charge is 2.26. The molecule has 1 amide bonds. The van der Waals surface area contributed by atoms with Crippen molar-refractivity contribution in [2.45, 2.75) is 13.8 Å². The third-order valence-corrected chi connectivity index (χ3v) is 5.96. The SMILES string of the molecule is Cc1cccc(N2CCN(C(=O)c3cc4cc(Cl)cc(Cl)c4oc3=O)CC2)c1C. The van der Waals surface area contributed by atoms with Crippen LogP contribution < -0.4 is 10.5 Å². The van der Waals surface area contributed by atoms with Gasteiger partial charge >= 0.3 is 5.63 Å². The summed E-state index contributed by atoms with van der Waals surface area (Å²) in [6.07, 6.45) is 0. The number of carbonyl (C=O) groups is 1. The summed E-state index contributed by atoms with van der Waals surface area (Å²) < 4.78 is 5.31. The topological polar surface area (TPSA) is 53.8 Å². The van der Waals surface area contributed by atoms with Gasteiger partial charge in [-0.05, 0) is 49.2 Å². The molecule has 5 nitrogen and oxygen atoms in total. The second-order valence-corrected chi connectivity index (χ2v) is 8.10. The van der Waals surface area contributed by atoms with Gasteiger partial charge in [-0.25, -0.2) is 4.79 Å². The summed E-state index contributed by atoms with van der Waals surface area (Å²) in [5, 5.41) is 1.18. The molecule has 1 aliphatic heterocycles. The van der Waals surface area contributed by atoms with Gasteiger partial charge in [0.2, 0.25) is 0 Å². The molecule has 29 heavy (non-hydrogen) atoms. The Morgan fingerprint density at radius 1 is 1.03 bits per heavy atom. The van der Waals surface area contributed by atoms with Gasteiger partial charge in [0, 0.05) is 42.3 Å². The van der Waals surface area contributed by atoms with Crippen LogP contribution in [0.15, 0.2) is 45.6 Å². The Balaban J connectivity index is 1.56. The minimum atomic E-state index is -0.691. The van der Waals surface area contributed by atoms with E-state index < -0.39 is 5.63 Å². The number of hydrogen-bond acceptors (Lipinski definition) is 4. The first-order valence-corrected chi connectivity index (χ1v) is 10.1. The second kappa shape index (κ2) is 7.73. The Morgan fingerprint density at radius 2 is 1.76 bits per heavy atom. The molecule has 0 spiro atoms. The standard InChI is InChI=1S/C22H20Cl2N2O3/c1-13-4-3-5-19(14(13)2)25-6-8-26(9-7-25)21(27)17-11-15-10-16(23)12-18(24)20(15)29-22(17)28/h3-5,10-12H,6-9H2,1-2H3. The molecule has 0 radical (unpaired) electrons. The number of fused-ring (bicyclic) bond motifs is 1. The van der Waals surface area contributed by atoms with Crippen LogP contribution in [0.4, 0.5) is 5.69 Å². The molecule has 2 aromatic carbocycles. The van der Waals surface area contributed by atoms with Crippen molar-refractivity contribution in [1.29, 1.82) is 0 Å². The molecule has 0 unspecified atom stereocenters. The highest BCUT2D eigenvalue weighted by atomic mass is 35.5. The Hall–Kier alpha value is -2.50. The third kappa shape index (κ3) is 3.72. The average molecular weight is 431 g/mol. The molecule has 0 bridgehead atoms. The molecular formula is C22H20Cl2N2O3. The van der Waals surface area contributed by atoms with Crippen molar-refractivity contribution in [1.82, 2.24) is 4.90 Å². The predicted molar refractivity (Wildman–Crippen MR) is 117 cm³/mol. The summed E-state index contributed by atoms with van der Waals surface area (Å²) in [5.41, 5.74) is 3.21. The molecule has 1 fully saturated rings. The second-order valence-electron chi connectivity index (χ2n) is 7.25. The number of hydrogen-bond donors (Lipinski definition) is 0. The van der Waals surface area contributed by atoms with Gasteiger partial charge in [-0.3, -0.25) is 4.79 Å². The lowest BCUT2D eigenvalue weighted by molar-refractivity contribution is 0.0742. The Morgan fingerprint density at radius 3 is 2.48 bits per heavy atom. The molecule has 0 aliphatic carbocycles. The number of benzene rings is 2. The molecule has 150 valence electrons. The number of anilines is 1. The van der Waals surface area contributed by atoms with E-state index in [0.29, 0.717) is 36.6 Å². The zero-order valence-corrected chi connectivity index (χ0v) is 17.7. The third-order valence-electron chi connectivity index (χ3n) is 5.47. The zero-order valence-electron chi connectivity index (χ0n) is 16.2. The van der Waals surface area contributed by atoms with Gasteiger partial charge < -0.3 is 14.2 Å². The van der Waals surface area contributed by atoms with Crippen LogP contribution in [-0.2, 0) is 0 Å². The van der Waals surface area contributed by atoms with E-state index in [1.165, 1.54) is 28.9 Å². The monoisotopic (exact) mass is 430 g/mol. The molecule has 0 N–H and O–H groups in total. The lowest BCUT2D eigenvalue weighted by Gasteiger charge is -2.37. The van der Waals surface area contributed by atoms with Crippen molar-refractivity contribution in [3.63, 3.8) is 0 Å². The van der Waals surface area contributed by atoms with E-state index in [2.05, 4.69) is 30.9 Å². The summed E-state index contributed by atoms with van der Waals surface area (Å²) in [6, 6.07) is 10.9. The van der Waals surface area contributed by atoms with Gasteiger partial charge in [0.15, 0.2) is 5.58 Å². The number of halogens is 2. The van der Waals surface area contributed by atoms with Crippen molar-refractivity contribution in [2.24, 2.45) is 0 Å². The summed E-state index contributed by atoms with van der Waals surface area (Å²) in [7, 11) is 0. The molecule has 0 saturated carbocycles. The van der Waals surface area contributed by atoms with E-state index in [9.17, 15) is 9.59 Å². The molecule has 0 atom stereocenters. The van der Waals surface area contributed by atoms with E-state index in [1.807, 2.05) is 6.07 Å². The van der Waals surface area contributed by atoms with Crippen LogP contribution >= 0.6 is 23.2 Å². The van der Waals surface area contributed by atoms with Gasteiger partial charge in [-0.2, -0.15) is 0 Å². The van der Waals surface area contributed by atoms with Crippen molar-refractivity contribution in [3.05, 3.63) is 73.6 Å². The molecule has 4 rings (SSSR count). The van der Waals surface area contributed by atoms with Crippen LogP contribution in [0.25, 0.3) is 11.0 Å². The smallest absolute Gasteiger partial charge is 0.349 e. The zero-order chi connectivity index (χ0) is 20.7. The summed E-state index contributed by atoms with van der Waals surface area (Å²) >= 11 is 12.1. The first kappa shape index (κ1) is 19.8. The molecule has 3 aromatic rings. The Kier molecular flexibility index (Phi) is 5.28. The number of carbonyl (C=O) groups excluding carboxylic acids is 1. The first-order valence-electron chi connectivity index (χ1n) is 9.38. The molecule has 1 saturated heterocycles. The average Bonchev–Trinajstić information content (AvgIpc) is 2.70. The lowest BCUT2D eigenvalue weighted by Crippen LogP contribution is -2.49. The van der Waals surface area contributed by atoms with Gasteiger partial charge in [0.25, 0.3) is 5.91 Å². The van der Waals surface area contributed by atoms with Crippen LogP contribution in [0.2, 0.25) is 10.0 Å². The van der Waals surface area contributed by atoms with Crippen LogP contribution in [0.3, 0.4) is 0 Å². The van der Waals surface area contributed by atoms with Crippen LogP contribution in [-0.4, -0.2) is 37.0 Å². The van der Waals surface area contributed by atoms with Crippen LogP contribution in [0.5, 0.6) is 0 Å². The first-order chi connectivity index (χ1) is 13.8. The number of aryl methyl sites for hydroxylation is 1. The Labute approximate surface area is 178 Å². The Bertz CT molecular complexity index is 1160. The van der Waals surface area contributed by atoms with E-state index >= 15 is 0 Å². The quantitative estimate of drug-likeness (QED) is 0.553. The van der Waals surface area contributed by atoms with E-state index in [4.69, 9.17) is 27.6 Å². The fourth-order valence-electron chi connectivity index (χ4n) is 3.71. The molecule has 1 aromatic heterocycles. The number of amides is 1. The highest BCUT2D eigenvalue weighted by molar-refractivity contribution is 6.38. The van der Waals surface area contributed by atoms with Crippen molar-refractivity contribution in [3.8, 4) is 0 Å². The maximum absolute atomic E-state index is 13.0. The number of piperazine rings is 1. The van der Waals surface area contributed by atoms with Gasteiger partial charge in [0.1, 0.15) is 5.56 Å². The summed E-state index contributed by atoms with van der Waals surface area (Å²) in [5.74, 6) is -0.336. The summed E-state index contributed by atoms with van der Waals surface area (Å²) in [6.45, 7) is 6.66. The van der Waals surface area contributed by atoms with Gasteiger partial charge in [-0.1, -0.05) is 35.3 Å². The van der Waals surface area contributed by atoms with Crippen LogP contribution in [0.1, 0.15) is 21.5 Å². The highest BCUT2D eigenvalue weighted by Crippen LogP contribution is 2.28. The minimum Gasteiger partial charge on any atom is -0.421 e. The predicted octanol–water partition coefficient (Wildman–Crippen LogP) is 4.68. The molecule has 7 heteroatoms. The molecule has 1 aliphatic rings. The van der Waals surface area contributed by atoms with Crippen molar-refractivity contribution >= 4 is 45.8 Å². The normalized spacial score (nSPS) is 14.5. The van der Waals surface area contributed by atoms with Crippen molar-refractivity contribution in [2.75, 3.05) is 31.1 Å². The van der Waals surface area contributed by atoms with E-state index in [-0.39, 0.29) is 22.1 Å². The molecule has 2 heterocycles. The number of rotatable bonds is 2. The number of nitrogens with zero attached hydrogens (tertiary/aromatic N) is 2. The van der Waals surface area contributed by atoms with E-state index in [0.717, 1.165) is 0 Å². The van der Waals surface area contributed by atoms with Gasteiger partial charge in [0.05, 0.1) is 5.02 Å². The lowest BCUT2D eigenvalue weighted by atomic mass is 10.1. The fourth-order valence-corrected chi connectivity index (χ4v) is 4.25.